The van der Waals surface area contributed by atoms with E-state index in [-0.39, 0.29) is 0 Å². The van der Waals surface area contributed by atoms with E-state index in [0.29, 0.717) is 0 Å². The van der Waals surface area contributed by atoms with Crippen LogP contribution in [0, 0.1) is 0 Å². The maximum absolute atomic E-state index is 2.30. The van der Waals surface area contributed by atoms with Gasteiger partial charge in [0.2, 0.25) is 0 Å². The first-order valence-electron chi connectivity index (χ1n) is 5.52. The van der Waals surface area contributed by atoms with Gasteiger partial charge in [-0.2, -0.15) is 8.97 Å². The highest BCUT2D eigenvalue weighted by molar-refractivity contribution is 5.48. The highest BCUT2D eigenvalue weighted by Crippen LogP contribution is 2.21. The normalized spacial score (nSPS) is 12.8. The Morgan fingerprint density at radius 1 is 1.00 bits per heavy atom. The molecule has 0 fully saturated rings. The highest BCUT2D eigenvalue weighted by Gasteiger charge is 2.28. The Balaban J connectivity index is 2.12. The van der Waals surface area contributed by atoms with Crippen molar-refractivity contribution in [2.45, 2.75) is 6.42 Å². The van der Waals surface area contributed by atoms with Crippen molar-refractivity contribution < 1.29 is 4.57 Å². The van der Waals surface area contributed by atoms with E-state index in [9.17, 15) is 0 Å². The molecule has 1 aliphatic rings. The lowest BCUT2D eigenvalue weighted by molar-refractivity contribution is -0.595. The first-order valence-corrected chi connectivity index (χ1v) is 5.52. The molecule has 0 radical (unpaired) electrons. The van der Waals surface area contributed by atoms with Gasteiger partial charge in [0.25, 0.3) is 5.82 Å². The van der Waals surface area contributed by atoms with Gasteiger partial charge in [0, 0.05) is 5.56 Å². The molecule has 2 nitrogen and oxygen atoms in total. The molecular weight excluding hydrogens is 196 g/mol. The number of benzene rings is 1. The Kier molecular flexibility index (Phi) is 1.38. The van der Waals surface area contributed by atoms with E-state index >= 15 is 0 Å². The third kappa shape index (κ3) is 0.890. The van der Waals surface area contributed by atoms with Gasteiger partial charge in [0.05, 0.1) is 12.6 Å². The van der Waals surface area contributed by atoms with Gasteiger partial charge in [-0.25, -0.2) is 0 Å². The minimum Gasteiger partial charge on any atom is -0.199 e. The molecule has 2 aromatic heterocycles. The van der Waals surface area contributed by atoms with Crippen molar-refractivity contribution in [1.82, 2.24) is 4.40 Å². The van der Waals surface area contributed by atoms with Crippen LogP contribution in [0.25, 0.3) is 11.2 Å². The second-order valence-electron chi connectivity index (χ2n) is 4.22. The van der Waals surface area contributed by atoms with Crippen molar-refractivity contribution in [2.24, 2.45) is 0 Å². The summed E-state index contributed by atoms with van der Waals surface area (Å²) in [6.45, 7) is 0. The Hall–Kier alpha value is -2.09. The summed E-state index contributed by atoms with van der Waals surface area (Å²) in [5.74, 6) is 1.34. The number of hydrogen-bond donors (Lipinski definition) is 0. The Labute approximate surface area is 93.4 Å². The molecule has 0 saturated heterocycles. The summed E-state index contributed by atoms with van der Waals surface area (Å²) in [6, 6.07) is 14.9. The highest BCUT2D eigenvalue weighted by atomic mass is 15.1. The molecule has 1 aliphatic heterocycles. The van der Waals surface area contributed by atoms with Gasteiger partial charge in [-0.15, -0.1) is 0 Å². The van der Waals surface area contributed by atoms with E-state index in [1.165, 1.54) is 22.6 Å². The SMILES string of the molecule is c1ccc2c(c1)Cc1n3ccccc3c[n+]1-2. The topological polar surface area (TPSA) is 8.29 Å². The standard InChI is InChI=1S/C14H11N2/c1-2-7-13-11(5-1)9-14-15-8-4-3-6-12(15)10-16(13)14/h1-8,10H,9H2/q+1. The molecule has 16 heavy (non-hydrogen) atoms. The summed E-state index contributed by atoms with van der Waals surface area (Å²) in [7, 11) is 0. The van der Waals surface area contributed by atoms with Crippen LogP contribution < -0.4 is 4.57 Å². The molecule has 3 aromatic rings. The third-order valence-electron chi connectivity index (χ3n) is 3.31. The summed E-state index contributed by atoms with van der Waals surface area (Å²) in [6.07, 6.45) is 5.36. The summed E-state index contributed by atoms with van der Waals surface area (Å²) in [5.41, 5.74) is 3.99. The van der Waals surface area contributed by atoms with Crippen molar-refractivity contribution in [3.05, 3.63) is 66.2 Å². The fourth-order valence-corrected chi connectivity index (χ4v) is 2.56. The monoisotopic (exact) mass is 207 g/mol. The van der Waals surface area contributed by atoms with Gasteiger partial charge in [-0.1, -0.05) is 24.3 Å². The van der Waals surface area contributed by atoms with Gasteiger partial charge in [-0.05, 0) is 18.2 Å². The lowest BCUT2D eigenvalue weighted by Crippen LogP contribution is -2.28. The second kappa shape index (κ2) is 2.73. The summed E-state index contributed by atoms with van der Waals surface area (Å²) < 4.78 is 4.56. The molecule has 0 atom stereocenters. The van der Waals surface area contributed by atoms with Crippen molar-refractivity contribution >= 4 is 5.52 Å². The van der Waals surface area contributed by atoms with Crippen LogP contribution in [0.2, 0.25) is 0 Å². The van der Waals surface area contributed by atoms with Crippen LogP contribution in [-0.2, 0) is 6.42 Å². The van der Waals surface area contributed by atoms with Crippen molar-refractivity contribution in [3.8, 4) is 5.69 Å². The number of hydrogen-bond acceptors (Lipinski definition) is 0. The van der Waals surface area contributed by atoms with E-state index in [4.69, 9.17) is 0 Å². The third-order valence-corrected chi connectivity index (χ3v) is 3.31. The van der Waals surface area contributed by atoms with Gasteiger partial charge < -0.3 is 0 Å². The summed E-state index contributed by atoms with van der Waals surface area (Å²) in [4.78, 5) is 0. The van der Waals surface area contributed by atoms with E-state index in [1.54, 1.807) is 0 Å². The number of aromatic nitrogens is 2. The fourth-order valence-electron chi connectivity index (χ4n) is 2.56. The van der Waals surface area contributed by atoms with Crippen molar-refractivity contribution in [2.75, 3.05) is 0 Å². The van der Waals surface area contributed by atoms with E-state index in [1.807, 2.05) is 0 Å². The van der Waals surface area contributed by atoms with Crippen LogP contribution in [0.4, 0.5) is 0 Å². The maximum atomic E-state index is 2.30. The van der Waals surface area contributed by atoms with Crippen LogP contribution in [0.1, 0.15) is 11.4 Å². The zero-order valence-electron chi connectivity index (χ0n) is 8.80. The summed E-state index contributed by atoms with van der Waals surface area (Å²) >= 11 is 0. The van der Waals surface area contributed by atoms with Gasteiger partial charge in [0.15, 0.2) is 5.52 Å². The quantitative estimate of drug-likeness (QED) is 0.390. The molecule has 0 aliphatic carbocycles. The van der Waals surface area contributed by atoms with Crippen LogP contribution in [0.3, 0.4) is 0 Å². The van der Waals surface area contributed by atoms with Crippen LogP contribution >= 0.6 is 0 Å². The van der Waals surface area contributed by atoms with Gasteiger partial charge in [-0.3, -0.25) is 0 Å². The summed E-state index contributed by atoms with van der Waals surface area (Å²) in [5, 5.41) is 0. The Morgan fingerprint density at radius 2 is 1.88 bits per heavy atom. The van der Waals surface area contributed by atoms with Crippen molar-refractivity contribution in [3.63, 3.8) is 0 Å². The number of fused-ring (bicyclic) bond motifs is 5. The average Bonchev–Trinajstić information content (AvgIpc) is 2.85. The minimum atomic E-state index is 1.02. The second-order valence-corrected chi connectivity index (χ2v) is 4.22. The first-order chi connectivity index (χ1) is 7.93. The zero-order valence-corrected chi connectivity index (χ0v) is 8.80. The molecule has 0 N–H and O–H groups in total. The molecule has 0 spiro atoms. The predicted molar refractivity (Wildman–Crippen MR) is 61.7 cm³/mol. The smallest absolute Gasteiger partial charge is 0.199 e. The molecular formula is C14H11N2+. The largest absolute Gasteiger partial charge is 0.271 e. The molecule has 0 unspecified atom stereocenters. The van der Waals surface area contributed by atoms with E-state index < -0.39 is 0 Å². The molecule has 0 saturated carbocycles. The predicted octanol–water partition coefficient (Wildman–Crippen LogP) is 2.12. The molecule has 2 heteroatoms. The Morgan fingerprint density at radius 3 is 2.88 bits per heavy atom. The number of imidazole rings is 1. The number of rotatable bonds is 0. The molecule has 4 rings (SSSR count). The maximum Gasteiger partial charge on any atom is 0.271 e. The average molecular weight is 207 g/mol. The molecule has 1 aromatic carbocycles. The molecule has 0 amide bonds. The number of nitrogens with zero attached hydrogens (tertiary/aromatic N) is 2. The molecule has 0 bridgehead atoms. The molecule has 3 heterocycles. The van der Waals surface area contributed by atoms with Crippen LogP contribution in [-0.4, -0.2) is 4.40 Å². The lowest BCUT2D eigenvalue weighted by atomic mass is 10.1. The fraction of sp³-hybridized carbons (Fsp3) is 0.0714. The van der Waals surface area contributed by atoms with E-state index in [0.717, 1.165) is 6.42 Å². The Bertz CT molecular complexity index is 695. The van der Waals surface area contributed by atoms with Gasteiger partial charge in [0.1, 0.15) is 11.9 Å². The van der Waals surface area contributed by atoms with E-state index in [2.05, 4.69) is 63.8 Å². The lowest BCUT2D eigenvalue weighted by Gasteiger charge is -1.92. The number of para-hydroxylation sites is 1. The van der Waals surface area contributed by atoms with Crippen LogP contribution in [0.15, 0.2) is 54.9 Å². The van der Waals surface area contributed by atoms with Crippen molar-refractivity contribution in [1.29, 1.82) is 0 Å². The minimum absolute atomic E-state index is 1.02. The first kappa shape index (κ1) is 8.11. The number of pyridine rings is 1. The zero-order chi connectivity index (χ0) is 10.5. The van der Waals surface area contributed by atoms with Crippen LogP contribution in [0.5, 0.6) is 0 Å². The molecule has 76 valence electrons. The van der Waals surface area contributed by atoms with Gasteiger partial charge >= 0.3 is 0 Å².